The Morgan fingerprint density at radius 2 is 1.65 bits per heavy atom. The number of ether oxygens (including phenoxy) is 1. The van der Waals surface area contributed by atoms with E-state index in [1.54, 1.807) is 31.5 Å². The summed E-state index contributed by atoms with van der Waals surface area (Å²) in [5.74, 6) is 1.23. The van der Waals surface area contributed by atoms with Crippen LogP contribution in [-0.4, -0.2) is 54.1 Å². The SMILES string of the molecule is C1CCCCC1.CCNc1cc(CNC(=O)c2ccc(-c3ccc(=O)[nH]c3)cc2)nc(C)n1.COCCNC=O. The first kappa shape index (κ1) is 32.2. The lowest BCUT2D eigenvalue weighted by molar-refractivity contribution is -0.109. The molecule has 1 fully saturated rings. The van der Waals surface area contributed by atoms with Crippen LogP contribution in [0.25, 0.3) is 11.1 Å². The highest BCUT2D eigenvalue weighted by atomic mass is 16.5. The van der Waals surface area contributed by atoms with E-state index in [1.807, 2.05) is 32.0 Å². The molecule has 4 N–H and O–H groups in total. The van der Waals surface area contributed by atoms with E-state index >= 15 is 0 Å². The molecule has 0 atom stereocenters. The molecule has 1 aliphatic carbocycles. The Morgan fingerprint density at radius 3 is 2.20 bits per heavy atom. The molecule has 10 nitrogen and oxygen atoms in total. The van der Waals surface area contributed by atoms with Crippen LogP contribution in [0.15, 0.2) is 53.5 Å². The molecule has 0 aliphatic heterocycles. The molecule has 10 heteroatoms. The minimum atomic E-state index is -0.177. The van der Waals surface area contributed by atoms with Crippen LogP contribution in [0.4, 0.5) is 5.82 Å². The fourth-order valence-corrected chi connectivity index (χ4v) is 3.95. The van der Waals surface area contributed by atoms with Gasteiger partial charge in [0.1, 0.15) is 11.6 Å². The molecule has 0 spiro atoms. The van der Waals surface area contributed by atoms with Crippen molar-refractivity contribution in [2.75, 3.05) is 32.1 Å². The summed E-state index contributed by atoms with van der Waals surface area (Å²) in [7, 11) is 1.59. The van der Waals surface area contributed by atoms with Crippen LogP contribution in [0.3, 0.4) is 0 Å². The van der Waals surface area contributed by atoms with Crippen LogP contribution in [0.5, 0.6) is 0 Å². The van der Waals surface area contributed by atoms with Gasteiger partial charge in [-0.2, -0.15) is 0 Å². The molecule has 0 saturated heterocycles. The van der Waals surface area contributed by atoms with Crippen LogP contribution in [0.2, 0.25) is 0 Å². The summed E-state index contributed by atoms with van der Waals surface area (Å²) in [4.78, 5) is 44.3. The van der Waals surface area contributed by atoms with Gasteiger partial charge in [-0.3, -0.25) is 14.4 Å². The smallest absolute Gasteiger partial charge is 0.251 e. The number of amides is 2. The van der Waals surface area contributed by atoms with Crippen molar-refractivity contribution in [1.82, 2.24) is 25.6 Å². The summed E-state index contributed by atoms with van der Waals surface area (Å²) < 4.78 is 4.62. The molecule has 2 aromatic heterocycles. The van der Waals surface area contributed by atoms with Crippen molar-refractivity contribution < 1.29 is 14.3 Å². The van der Waals surface area contributed by atoms with Crippen molar-refractivity contribution in [3.05, 3.63) is 76.1 Å². The Morgan fingerprint density at radius 1 is 1.00 bits per heavy atom. The van der Waals surface area contributed by atoms with E-state index in [2.05, 4.69) is 35.6 Å². The van der Waals surface area contributed by atoms with Gasteiger partial charge in [-0.05, 0) is 43.2 Å². The Labute approximate surface area is 236 Å². The second kappa shape index (κ2) is 19.1. The zero-order chi connectivity index (χ0) is 29.0. The van der Waals surface area contributed by atoms with E-state index in [4.69, 9.17) is 0 Å². The lowest BCUT2D eigenvalue weighted by atomic mass is 10.0. The lowest BCUT2D eigenvalue weighted by Crippen LogP contribution is -2.23. The summed E-state index contributed by atoms with van der Waals surface area (Å²) in [6, 6.07) is 12.3. The van der Waals surface area contributed by atoms with Gasteiger partial charge in [0.15, 0.2) is 0 Å². The highest BCUT2D eigenvalue weighted by Gasteiger charge is 2.08. The van der Waals surface area contributed by atoms with Crippen molar-refractivity contribution in [2.45, 2.75) is 58.9 Å². The number of benzene rings is 1. The second-order valence-corrected chi connectivity index (χ2v) is 9.21. The minimum Gasteiger partial charge on any atom is -0.383 e. The van der Waals surface area contributed by atoms with E-state index in [0.29, 0.717) is 37.5 Å². The lowest BCUT2D eigenvalue weighted by Gasteiger charge is -2.09. The Balaban J connectivity index is 0.000000354. The van der Waals surface area contributed by atoms with Crippen LogP contribution < -0.4 is 21.5 Å². The summed E-state index contributed by atoms with van der Waals surface area (Å²) in [5, 5.41) is 8.46. The molecule has 216 valence electrons. The van der Waals surface area contributed by atoms with Gasteiger partial charge in [-0.15, -0.1) is 0 Å². The maximum Gasteiger partial charge on any atom is 0.251 e. The summed E-state index contributed by atoms with van der Waals surface area (Å²) in [6.07, 6.45) is 11.3. The third kappa shape index (κ3) is 12.7. The molecule has 40 heavy (non-hydrogen) atoms. The van der Waals surface area contributed by atoms with Gasteiger partial charge in [0.25, 0.3) is 5.91 Å². The number of H-pyrrole nitrogens is 1. The predicted molar refractivity (Wildman–Crippen MR) is 158 cm³/mol. The standard InChI is InChI=1S/C20H21N5O2.C6H12.C4H9NO2/c1-3-21-18-10-17(24-13(2)25-18)12-23-20(27)15-6-4-14(5-7-15)16-8-9-19(26)22-11-16;1-2-4-6-5-3-1;1-7-3-2-5-4-6/h4-11H,3,12H2,1-2H3,(H,22,26)(H,23,27)(H,21,24,25);1-6H2;4H,2-3H2,1H3,(H,5,6). The van der Waals surface area contributed by atoms with Crippen molar-refractivity contribution >= 4 is 18.1 Å². The summed E-state index contributed by atoms with van der Waals surface area (Å²) in [6.45, 7) is 6.09. The van der Waals surface area contributed by atoms with Crippen molar-refractivity contribution in [3.8, 4) is 11.1 Å². The molecule has 2 amide bonds. The number of nitrogens with zero attached hydrogens (tertiary/aromatic N) is 2. The number of hydrogen-bond donors (Lipinski definition) is 4. The first-order valence-corrected chi connectivity index (χ1v) is 13.8. The quantitative estimate of drug-likeness (QED) is 0.219. The van der Waals surface area contributed by atoms with Crippen LogP contribution in [-0.2, 0) is 16.1 Å². The topological polar surface area (TPSA) is 138 Å². The number of nitrogens with one attached hydrogen (secondary N) is 4. The first-order valence-electron chi connectivity index (χ1n) is 13.8. The Kier molecular flexibility index (Phi) is 15.3. The molecule has 3 aromatic rings. The monoisotopic (exact) mass is 550 g/mol. The zero-order valence-electron chi connectivity index (χ0n) is 23.8. The number of anilines is 1. The number of rotatable bonds is 10. The van der Waals surface area contributed by atoms with Crippen molar-refractivity contribution in [2.24, 2.45) is 0 Å². The molecular weight excluding hydrogens is 508 g/mol. The third-order valence-corrected chi connectivity index (χ3v) is 5.98. The average Bonchev–Trinajstić information content (AvgIpc) is 2.98. The predicted octanol–water partition coefficient (Wildman–Crippen LogP) is 4.22. The number of carbonyl (C=O) groups excluding carboxylic acids is 2. The Bertz CT molecular complexity index is 1180. The molecule has 1 aliphatic rings. The largest absolute Gasteiger partial charge is 0.383 e. The third-order valence-electron chi connectivity index (χ3n) is 5.98. The van der Waals surface area contributed by atoms with Gasteiger partial charge in [-0.1, -0.05) is 50.7 Å². The van der Waals surface area contributed by atoms with Gasteiger partial charge >= 0.3 is 0 Å². The number of aryl methyl sites for hydroxylation is 1. The second-order valence-electron chi connectivity index (χ2n) is 9.21. The van der Waals surface area contributed by atoms with Crippen molar-refractivity contribution in [3.63, 3.8) is 0 Å². The number of pyridine rings is 1. The number of aromatic amines is 1. The number of carbonyl (C=O) groups is 2. The van der Waals surface area contributed by atoms with Gasteiger partial charge in [0, 0.05) is 44.1 Å². The molecular formula is C30H42N6O4. The van der Waals surface area contributed by atoms with Crippen molar-refractivity contribution in [1.29, 1.82) is 0 Å². The number of methoxy groups -OCH3 is 1. The maximum absolute atomic E-state index is 12.4. The molecule has 1 aromatic carbocycles. The molecule has 4 rings (SSSR count). The van der Waals surface area contributed by atoms with E-state index in [9.17, 15) is 14.4 Å². The van der Waals surface area contributed by atoms with Gasteiger partial charge < -0.3 is 25.7 Å². The summed E-state index contributed by atoms with van der Waals surface area (Å²) >= 11 is 0. The van der Waals surface area contributed by atoms with Gasteiger partial charge in [-0.25, -0.2) is 9.97 Å². The Hall–Kier alpha value is -4.05. The maximum atomic E-state index is 12.4. The molecule has 2 heterocycles. The van der Waals surface area contributed by atoms with E-state index in [1.165, 1.54) is 44.6 Å². The summed E-state index contributed by atoms with van der Waals surface area (Å²) in [5.41, 5.74) is 2.96. The zero-order valence-corrected chi connectivity index (χ0v) is 23.8. The number of hydrogen-bond acceptors (Lipinski definition) is 7. The van der Waals surface area contributed by atoms with Gasteiger partial charge in [0.05, 0.1) is 18.8 Å². The van der Waals surface area contributed by atoms with E-state index in [-0.39, 0.29) is 11.5 Å². The van der Waals surface area contributed by atoms with Crippen LogP contribution in [0, 0.1) is 6.92 Å². The fourth-order valence-electron chi connectivity index (χ4n) is 3.95. The van der Waals surface area contributed by atoms with E-state index < -0.39 is 0 Å². The highest BCUT2D eigenvalue weighted by molar-refractivity contribution is 5.94. The number of aromatic nitrogens is 3. The van der Waals surface area contributed by atoms with Crippen LogP contribution in [0.1, 0.15) is 67.3 Å². The highest BCUT2D eigenvalue weighted by Crippen LogP contribution is 2.18. The van der Waals surface area contributed by atoms with Crippen LogP contribution >= 0.6 is 0 Å². The molecule has 0 bridgehead atoms. The molecule has 1 saturated carbocycles. The fraction of sp³-hybridized carbons (Fsp3) is 0.433. The molecule has 0 radical (unpaired) electrons. The average molecular weight is 551 g/mol. The van der Waals surface area contributed by atoms with E-state index in [0.717, 1.165) is 29.2 Å². The minimum absolute atomic E-state index is 0.146. The normalized spacial score (nSPS) is 12.1. The first-order chi connectivity index (χ1) is 19.5. The molecule has 0 unspecified atom stereocenters. The van der Waals surface area contributed by atoms with Gasteiger partial charge in [0.2, 0.25) is 12.0 Å².